The minimum Gasteiger partial charge on any atom is -0.394 e. The molecule has 1 amide bonds. The van der Waals surface area contributed by atoms with Crippen LogP contribution in [-0.2, 0) is 14.4 Å². The number of aliphatic hydroxyl groups excluding tert-OH is 2. The Bertz CT molecular complexity index is 721. The topological polar surface area (TPSA) is 158 Å². The van der Waals surface area contributed by atoms with E-state index in [0.29, 0.717) is 11.2 Å². The van der Waals surface area contributed by atoms with Crippen LogP contribution in [0, 0.1) is 0 Å². The number of nitrogen functional groups attached to an aromatic ring is 1. The largest absolute Gasteiger partial charge is 0.394 e. The molecule has 2 aromatic rings. The van der Waals surface area contributed by atoms with Gasteiger partial charge >= 0.3 is 0 Å². The number of nitrogens with one attached hydrogen (secondary N) is 1. The smallest absolute Gasteiger partial charge is 0.240 e. The van der Waals surface area contributed by atoms with Crippen molar-refractivity contribution in [2.45, 2.75) is 31.5 Å². The summed E-state index contributed by atoms with van der Waals surface area (Å²) in [7, 11) is 0. The van der Waals surface area contributed by atoms with E-state index in [1.807, 2.05) is 0 Å². The number of fused-ring (bicyclic) bond motifs is 1. The monoisotopic (exact) mass is 324 g/mol. The lowest BCUT2D eigenvalue weighted by atomic mass is 10.1. The SMILES string of the molecule is CC(=O)NOC1C(O)[C@H](n2cnc3c(N)ncnc32)O[C@@H]1CO. The number of nitrogens with zero attached hydrogens (tertiary/aromatic N) is 4. The summed E-state index contributed by atoms with van der Waals surface area (Å²) in [5.41, 5.74) is 8.60. The van der Waals surface area contributed by atoms with Gasteiger partial charge in [0.15, 0.2) is 17.7 Å². The minimum atomic E-state index is -1.17. The molecule has 4 atom stereocenters. The highest BCUT2D eigenvalue weighted by Crippen LogP contribution is 2.33. The standard InChI is InChI=1S/C12H16N6O5/c1-5(20)17-23-9-6(2-19)22-12(8(9)21)18-4-16-7-10(13)14-3-15-11(7)18/h3-4,6,8-9,12,19,21H,2H2,1H3,(H,17,20)(H2,13,14,15)/t6-,8?,9?,12-/m1/s1. The van der Waals surface area contributed by atoms with Gasteiger partial charge in [-0.25, -0.2) is 20.4 Å². The zero-order valence-corrected chi connectivity index (χ0v) is 12.2. The summed E-state index contributed by atoms with van der Waals surface area (Å²) in [6, 6.07) is 0. The Hall–Kier alpha value is -2.34. The molecule has 5 N–H and O–H groups in total. The number of imidazole rings is 1. The van der Waals surface area contributed by atoms with E-state index in [-0.39, 0.29) is 5.82 Å². The second-order valence-corrected chi connectivity index (χ2v) is 5.06. The first kappa shape index (κ1) is 15.6. The predicted molar refractivity (Wildman–Crippen MR) is 75.4 cm³/mol. The lowest BCUT2D eigenvalue weighted by molar-refractivity contribution is -0.145. The lowest BCUT2D eigenvalue weighted by Crippen LogP contribution is -2.41. The second kappa shape index (κ2) is 6.04. The molecule has 124 valence electrons. The van der Waals surface area contributed by atoms with Crippen molar-refractivity contribution in [1.29, 1.82) is 0 Å². The van der Waals surface area contributed by atoms with E-state index in [2.05, 4.69) is 20.4 Å². The number of ether oxygens (including phenoxy) is 1. The summed E-state index contributed by atoms with van der Waals surface area (Å²) in [6.45, 7) is 0.859. The Kier molecular flexibility index (Phi) is 4.09. The third kappa shape index (κ3) is 2.70. The van der Waals surface area contributed by atoms with Crippen LogP contribution in [0.5, 0.6) is 0 Å². The molecule has 1 fully saturated rings. The first-order valence-electron chi connectivity index (χ1n) is 6.82. The molecular formula is C12H16N6O5. The van der Waals surface area contributed by atoms with Crippen molar-refractivity contribution in [1.82, 2.24) is 25.0 Å². The number of anilines is 1. The molecule has 3 heterocycles. The number of nitrogens with two attached hydrogens (primary N) is 1. The molecule has 3 rings (SSSR count). The number of amides is 1. The molecule has 2 unspecified atom stereocenters. The molecule has 11 heteroatoms. The van der Waals surface area contributed by atoms with Crippen LogP contribution in [0.4, 0.5) is 5.82 Å². The number of hydrogen-bond acceptors (Lipinski definition) is 9. The van der Waals surface area contributed by atoms with Crippen LogP contribution in [-0.4, -0.2) is 60.6 Å². The zero-order chi connectivity index (χ0) is 16.6. The Balaban J connectivity index is 1.90. The van der Waals surface area contributed by atoms with Gasteiger partial charge in [0.2, 0.25) is 5.91 Å². The lowest BCUT2D eigenvalue weighted by Gasteiger charge is -2.19. The second-order valence-electron chi connectivity index (χ2n) is 5.06. The van der Waals surface area contributed by atoms with E-state index in [0.717, 1.165) is 0 Å². The van der Waals surface area contributed by atoms with Gasteiger partial charge in [0.05, 0.1) is 12.9 Å². The van der Waals surface area contributed by atoms with Gasteiger partial charge in [-0.1, -0.05) is 0 Å². The number of carbonyl (C=O) groups is 1. The minimum absolute atomic E-state index is 0.200. The maximum atomic E-state index is 11.0. The summed E-state index contributed by atoms with van der Waals surface area (Å²) in [4.78, 5) is 28.1. The predicted octanol–water partition coefficient (Wildman–Crippen LogP) is -1.90. The Morgan fingerprint density at radius 1 is 1.52 bits per heavy atom. The number of aromatic nitrogens is 4. The van der Waals surface area contributed by atoms with Crippen molar-refractivity contribution in [2.24, 2.45) is 0 Å². The molecule has 1 aliphatic rings. The summed E-state index contributed by atoms with van der Waals surface area (Å²) in [5, 5.41) is 19.8. The van der Waals surface area contributed by atoms with Gasteiger partial charge in [-0.05, 0) is 0 Å². The Labute approximate surface area is 130 Å². The average Bonchev–Trinajstić information content (AvgIpc) is 3.07. The van der Waals surface area contributed by atoms with Gasteiger partial charge < -0.3 is 20.7 Å². The van der Waals surface area contributed by atoms with Crippen LogP contribution in [0.2, 0.25) is 0 Å². The Morgan fingerprint density at radius 2 is 2.30 bits per heavy atom. The van der Waals surface area contributed by atoms with E-state index in [9.17, 15) is 15.0 Å². The molecule has 1 saturated heterocycles. The number of aliphatic hydroxyl groups is 2. The molecule has 0 spiro atoms. The third-order valence-electron chi connectivity index (χ3n) is 3.49. The van der Waals surface area contributed by atoms with Gasteiger partial charge in [-0.3, -0.25) is 14.2 Å². The highest BCUT2D eigenvalue weighted by Gasteiger charge is 2.46. The first-order valence-corrected chi connectivity index (χ1v) is 6.82. The Morgan fingerprint density at radius 3 is 3.00 bits per heavy atom. The van der Waals surface area contributed by atoms with Crippen LogP contribution >= 0.6 is 0 Å². The molecule has 1 aliphatic heterocycles. The molecule has 2 aromatic heterocycles. The van der Waals surface area contributed by atoms with Crippen LogP contribution in [0.25, 0.3) is 11.2 Å². The van der Waals surface area contributed by atoms with Crippen molar-refractivity contribution in [3.63, 3.8) is 0 Å². The van der Waals surface area contributed by atoms with E-state index in [1.165, 1.54) is 24.1 Å². The van der Waals surface area contributed by atoms with Crippen molar-refractivity contribution < 1.29 is 24.6 Å². The van der Waals surface area contributed by atoms with E-state index >= 15 is 0 Å². The van der Waals surface area contributed by atoms with Gasteiger partial charge in [0.25, 0.3) is 0 Å². The maximum Gasteiger partial charge on any atom is 0.240 e. The van der Waals surface area contributed by atoms with Crippen molar-refractivity contribution in [3.8, 4) is 0 Å². The molecule has 0 radical (unpaired) electrons. The molecule has 0 bridgehead atoms. The van der Waals surface area contributed by atoms with E-state index in [1.54, 1.807) is 0 Å². The normalized spacial score (nSPS) is 27.4. The van der Waals surface area contributed by atoms with Crippen molar-refractivity contribution >= 4 is 22.9 Å². The van der Waals surface area contributed by atoms with Gasteiger partial charge in [0, 0.05) is 6.92 Å². The zero-order valence-electron chi connectivity index (χ0n) is 12.2. The summed E-state index contributed by atoms with van der Waals surface area (Å²) in [6.07, 6.45) is -1.20. The fourth-order valence-electron chi connectivity index (χ4n) is 2.45. The van der Waals surface area contributed by atoms with E-state index < -0.39 is 37.1 Å². The maximum absolute atomic E-state index is 11.0. The van der Waals surface area contributed by atoms with Crippen LogP contribution in [0.1, 0.15) is 13.2 Å². The van der Waals surface area contributed by atoms with Gasteiger partial charge in [-0.15, -0.1) is 0 Å². The quantitative estimate of drug-likeness (QED) is 0.471. The fraction of sp³-hybridized carbons (Fsp3) is 0.500. The summed E-state index contributed by atoms with van der Waals surface area (Å²) >= 11 is 0. The number of carbonyl (C=O) groups excluding carboxylic acids is 1. The average molecular weight is 324 g/mol. The van der Waals surface area contributed by atoms with Crippen LogP contribution in [0.15, 0.2) is 12.7 Å². The third-order valence-corrected chi connectivity index (χ3v) is 3.49. The fourth-order valence-corrected chi connectivity index (χ4v) is 2.45. The number of rotatable bonds is 4. The molecule has 11 nitrogen and oxygen atoms in total. The van der Waals surface area contributed by atoms with Crippen molar-refractivity contribution in [3.05, 3.63) is 12.7 Å². The number of hydroxylamine groups is 1. The van der Waals surface area contributed by atoms with Crippen LogP contribution < -0.4 is 11.2 Å². The molecule has 0 aliphatic carbocycles. The van der Waals surface area contributed by atoms with Crippen molar-refractivity contribution in [2.75, 3.05) is 12.3 Å². The highest BCUT2D eigenvalue weighted by atomic mass is 16.7. The van der Waals surface area contributed by atoms with Gasteiger partial charge in [-0.2, -0.15) is 0 Å². The first-order chi connectivity index (χ1) is 11.0. The molecular weight excluding hydrogens is 308 g/mol. The molecule has 0 aromatic carbocycles. The summed E-state index contributed by atoms with van der Waals surface area (Å²) in [5.74, 6) is -0.239. The molecule has 23 heavy (non-hydrogen) atoms. The molecule has 0 saturated carbocycles. The van der Waals surface area contributed by atoms with Crippen LogP contribution in [0.3, 0.4) is 0 Å². The van der Waals surface area contributed by atoms with Gasteiger partial charge in [0.1, 0.15) is 30.2 Å². The summed E-state index contributed by atoms with van der Waals surface area (Å²) < 4.78 is 7.08. The number of hydrogen-bond donors (Lipinski definition) is 4. The highest BCUT2D eigenvalue weighted by molar-refractivity contribution is 5.81. The van der Waals surface area contributed by atoms with E-state index in [4.69, 9.17) is 15.3 Å².